The minimum Gasteiger partial charge on any atom is -0.372 e. The summed E-state index contributed by atoms with van der Waals surface area (Å²) in [5.74, 6) is 3.61. The SMILES string of the molecule is COC(OC)C1CCN(c2ccc(C(=O)NC3CCC(=C=O)NC3=C=O)cc2)CC1. The van der Waals surface area contributed by atoms with Gasteiger partial charge in [-0.2, -0.15) is 0 Å². The Morgan fingerprint density at radius 2 is 1.77 bits per heavy atom. The van der Waals surface area contributed by atoms with Crippen molar-refractivity contribution in [3.8, 4) is 0 Å². The van der Waals surface area contributed by atoms with Crippen molar-refractivity contribution in [1.82, 2.24) is 10.6 Å². The van der Waals surface area contributed by atoms with Gasteiger partial charge < -0.3 is 25.0 Å². The van der Waals surface area contributed by atoms with Gasteiger partial charge in [0.25, 0.3) is 5.91 Å². The number of benzene rings is 1. The number of amides is 1. The molecule has 1 aromatic rings. The van der Waals surface area contributed by atoms with E-state index in [1.54, 1.807) is 38.2 Å². The summed E-state index contributed by atoms with van der Waals surface area (Å²) in [7, 11) is 3.33. The molecule has 0 saturated carbocycles. The molecule has 30 heavy (non-hydrogen) atoms. The summed E-state index contributed by atoms with van der Waals surface area (Å²) in [6.07, 6.45) is 2.64. The predicted octanol–water partition coefficient (Wildman–Crippen LogP) is 1.43. The Balaban J connectivity index is 1.57. The van der Waals surface area contributed by atoms with Gasteiger partial charge in [-0.05, 0) is 43.5 Å². The number of allylic oxidation sites excluding steroid dienone is 1. The van der Waals surface area contributed by atoms with Gasteiger partial charge in [0.05, 0.1) is 6.04 Å². The summed E-state index contributed by atoms with van der Waals surface area (Å²) < 4.78 is 10.8. The average molecular weight is 413 g/mol. The van der Waals surface area contributed by atoms with E-state index < -0.39 is 6.04 Å². The number of piperidine rings is 2. The standard InChI is InChI=1S/C22H27N3O5/c1-29-22(30-2)16-9-11-25(12-10-16)18-6-3-15(4-7-18)21(28)24-19-8-5-17(13-26)23-20(19)14-27/h3-4,6-7,16,19,22-23H,5,8-12H2,1-2H3,(H,24,28). The number of carbonyl (C=O) groups is 1. The maximum atomic E-state index is 12.6. The van der Waals surface area contributed by atoms with Crippen LogP contribution in [0, 0.1) is 5.92 Å². The van der Waals surface area contributed by atoms with Gasteiger partial charge in [-0.1, -0.05) is 0 Å². The number of carbonyl (C=O) groups excluding carboxylic acids is 3. The number of ether oxygens (including phenoxy) is 2. The minimum atomic E-state index is -0.500. The van der Waals surface area contributed by atoms with Crippen molar-refractivity contribution in [3.05, 3.63) is 41.2 Å². The highest BCUT2D eigenvalue weighted by atomic mass is 16.7. The first-order valence-electron chi connectivity index (χ1n) is 10.1. The quantitative estimate of drug-likeness (QED) is 0.538. The highest BCUT2D eigenvalue weighted by molar-refractivity contribution is 5.95. The van der Waals surface area contributed by atoms with Crippen LogP contribution in [0.25, 0.3) is 0 Å². The molecule has 1 atom stereocenters. The van der Waals surface area contributed by atoms with Crippen LogP contribution in [0.5, 0.6) is 0 Å². The van der Waals surface area contributed by atoms with Crippen molar-refractivity contribution >= 4 is 23.5 Å². The van der Waals surface area contributed by atoms with Crippen LogP contribution in [0.4, 0.5) is 5.69 Å². The molecule has 3 rings (SSSR count). The van der Waals surface area contributed by atoms with Crippen molar-refractivity contribution in [2.24, 2.45) is 5.92 Å². The number of nitrogens with one attached hydrogen (secondary N) is 2. The molecule has 2 heterocycles. The van der Waals surface area contributed by atoms with E-state index >= 15 is 0 Å². The second-order valence-electron chi connectivity index (χ2n) is 7.50. The molecule has 0 radical (unpaired) electrons. The molecule has 2 N–H and O–H groups in total. The number of nitrogens with zero attached hydrogens (tertiary/aromatic N) is 1. The fraction of sp³-hybridized carbons (Fsp3) is 0.500. The van der Waals surface area contributed by atoms with Gasteiger partial charge in [0.2, 0.25) is 0 Å². The number of anilines is 1. The predicted molar refractivity (Wildman–Crippen MR) is 111 cm³/mol. The molecule has 160 valence electrons. The fourth-order valence-corrected chi connectivity index (χ4v) is 4.04. The van der Waals surface area contributed by atoms with E-state index in [0.717, 1.165) is 31.6 Å². The van der Waals surface area contributed by atoms with Crippen molar-refractivity contribution in [3.63, 3.8) is 0 Å². The lowest BCUT2D eigenvalue weighted by molar-refractivity contribution is -0.141. The summed E-state index contributed by atoms with van der Waals surface area (Å²) in [6.45, 7) is 1.79. The highest BCUT2D eigenvalue weighted by Gasteiger charge is 2.27. The third-order valence-electron chi connectivity index (χ3n) is 5.74. The molecule has 1 amide bonds. The maximum absolute atomic E-state index is 12.6. The van der Waals surface area contributed by atoms with Gasteiger partial charge in [0.1, 0.15) is 23.3 Å². The van der Waals surface area contributed by atoms with Crippen LogP contribution >= 0.6 is 0 Å². The van der Waals surface area contributed by atoms with Crippen LogP contribution in [0.1, 0.15) is 36.0 Å². The third-order valence-corrected chi connectivity index (χ3v) is 5.74. The van der Waals surface area contributed by atoms with Crippen LogP contribution in [0.2, 0.25) is 0 Å². The number of hydrogen-bond acceptors (Lipinski definition) is 7. The molecule has 0 spiro atoms. The first-order chi connectivity index (χ1) is 14.6. The Morgan fingerprint density at radius 1 is 1.10 bits per heavy atom. The molecule has 2 aliphatic heterocycles. The molecule has 2 fully saturated rings. The molecule has 8 nitrogen and oxygen atoms in total. The van der Waals surface area contributed by atoms with Gasteiger partial charge in [0.15, 0.2) is 6.29 Å². The molecule has 0 aliphatic carbocycles. The first kappa shape index (κ1) is 21.8. The monoisotopic (exact) mass is 413 g/mol. The summed E-state index contributed by atoms with van der Waals surface area (Å²) in [5.41, 5.74) is 2.02. The lowest BCUT2D eigenvalue weighted by Crippen LogP contribution is -2.43. The Morgan fingerprint density at radius 3 is 2.33 bits per heavy atom. The molecule has 2 aliphatic rings. The van der Waals surface area contributed by atoms with Gasteiger partial charge in [-0.15, -0.1) is 0 Å². The van der Waals surface area contributed by atoms with E-state index in [0.29, 0.717) is 30.0 Å². The Labute approximate surface area is 175 Å². The second kappa shape index (κ2) is 10.2. The molecule has 0 aromatic heterocycles. The Hall–Kier alpha value is -2.89. The van der Waals surface area contributed by atoms with E-state index in [9.17, 15) is 14.4 Å². The van der Waals surface area contributed by atoms with Crippen molar-refractivity contribution < 1.29 is 23.9 Å². The molecule has 0 bridgehead atoms. The zero-order valence-electron chi connectivity index (χ0n) is 17.3. The molecular formula is C22H27N3O5. The van der Waals surface area contributed by atoms with Gasteiger partial charge in [0, 0.05) is 50.9 Å². The van der Waals surface area contributed by atoms with Crippen LogP contribution in [-0.4, -0.2) is 57.4 Å². The second-order valence-corrected chi connectivity index (χ2v) is 7.50. The zero-order chi connectivity index (χ0) is 21.5. The Bertz CT molecular complexity index is 844. The van der Waals surface area contributed by atoms with E-state index in [1.165, 1.54) is 0 Å². The van der Waals surface area contributed by atoms with Crippen LogP contribution < -0.4 is 15.5 Å². The molecule has 8 heteroatoms. The number of rotatable bonds is 6. The average Bonchev–Trinajstić information content (AvgIpc) is 2.80. The lowest BCUT2D eigenvalue weighted by Gasteiger charge is -2.36. The first-order valence-corrected chi connectivity index (χ1v) is 10.1. The molecule has 1 aromatic carbocycles. The molecule has 2 saturated heterocycles. The number of hydrogen-bond donors (Lipinski definition) is 2. The van der Waals surface area contributed by atoms with Crippen molar-refractivity contribution in [2.45, 2.75) is 38.0 Å². The van der Waals surface area contributed by atoms with E-state index in [1.807, 2.05) is 12.1 Å². The summed E-state index contributed by atoms with van der Waals surface area (Å²) in [5, 5.41) is 5.50. The Kier molecular flexibility index (Phi) is 7.44. The van der Waals surface area contributed by atoms with Gasteiger partial charge in [-0.25, -0.2) is 9.59 Å². The minimum absolute atomic E-state index is 0.151. The van der Waals surface area contributed by atoms with E-state index in [2.05, 4.69) is 15.5 Å². The third kappa shape index (κ3) is 4.99. The largest absolute Gasteiger partial charge is 0.372 e. The van der Waals surface area contributed by atoms with Crippen LogP contribution in [0.3, 0.4) is 0 Å². The van der Waals surface area contributed by atoms with Gasteiger partial charge in [-0.3, -0.25) is 4.79 Å². The normalized spacial score (nSPS) is 19.8. The van der Waals surface area contributed by atoms with Crippen LogP contribution in [-0.2, 0) is 19.1 Å². The summed E-state index contributed by atoms with van der Waals surface area (Å²) in [6, 6.07) is 6.92. The zero-order valence-corrected chi connectivity index (χ0v) is 17.3. The van der Waals surface area contributed by atoms with Gasteiger partial charge >= 0.3 is 0 Å². The van der Waals surface area contributed by atoms with Crippen molar-refractivity contribution in [1.29, 1.82) is 0 Å². The molecular weight excluding hydrogens is 386 g/mol. The number of methoxy groups -OCH3 is 2. The van der Waals surface area contributed by atoms with Crippen LogP contribution in [0.15, 0.2) is 35.7 Å². The summed E-state index contributed by atoms with van der Waals surface area (Å²) >= 11 is 0. The van der Waals surface area contributed by atoms with E-state index in [4.69, 9.17) is 9.47 Å². The molecule has 1 unspecified atom stereocenters. The summed E-state index contributed by atoms with van der Waals surface area (Å²) in [4.78, 5) is 36.8. The smallest absolute Gasteiger partial charge is 0.251 e. The topological polar surface area (TPSA) is 97.0 Å². The highest BCUT2D eigenvalue weighted by Crippen LogP contribution is 2.27. The lowest BCUT2D eigenvalue weighted by atomic mass is 9.95. The van der Waals surface area contributed by atoms with E-state index in [-0.39, 0.29) is 17.9 Å². The maximum Gasteiger partial charge on any atom is 0.251 e. The fourth-order valence-electron chi connectivity index (χ4n) is 4.04. The van der Waals surface area contributed by atoms with Crippen molar-refractivity contribution in [2.75, 3.05) is 32.2 Å².